The molecule has 0 aliphatic carbocycles. The highest BCUT2D eigenvalue weighted by Crippen LogP contribution is 2.28. The number of anilines is 1. The second-order valence-corrected chi connectivity index (χ2v) is 8.99. The number of amides is 3. The fourth-order valence-corrected chi connectivity index (χ4v) is 5.83. The number of aryl methyl sites for hydroxylation is 1. The molecular weight excluding hydrogens is 342 g/mol. The van der Waals surface area contributed by atoms with Gasteiger partial charge in [0.05, 0.1) is 23.1 Å². The number of carbonyl (C=O) groups excluding carboxylic acids is 2. The number of nitrogens with one attached hydrogen (secondary N) is 3. The fraction of sp³-hybridized carbons (Fsp3) is 0.529. The quantitative estimate of drug-likeness (QED) is 0.523. The highest BCUT2D eigenvalue weighted by molar-refractivity contribution is 7.92. The van der Waals surface area contributed by atoms with Crippen molar-refractivity contribution in [1.29, 1.82) is 0 Å². The van der Waals surface area contributed by atoms with Crippen LogP contribution in [-0.2, 0) is 14.6 Å². The molecule has 0 aromatic heterocycles. The summed E-state index contributed by atoms with van der Waals surface area (Å²) >= 11 is 0. The van der Waals surface area contributed by atoms with Crippen LogP contribution in [0.3, 0.4) is 0 Å². The van der Waals surface area contributed by atoms with E-state index in [1.165, 1.54) is 0 Å². The van der Waals surface area contributed by atoms with Gasteiger partial charge in [0, 0.05) is 12.1 Å². The maximum atomic E-state index is 12.2. The largest absolute Gasteiger partial charge is 0.332 e. The summed E-state index contributed by atoms with van der Waals surface area (Å²) in [5.74, 6) is -0.0771. The van der Waals surface area contributed by atoms with E-state index in [4.69, 9.17) is 0 Å². The third-order valence-electron chi connectivity index (χ3n) is 4.88. The van der Waals surface area contributed by atoms with E-state index in [2.05, 4.69) is 16.0 Å². The van der Waals surface area contributed by atoms with E-state index in [1.807, 2.05) is 31.2 Å². The lowest BCUT2D eigenvalue weighted by atomic mass is 10.0. The van der Waals surface area contributed by atoms with Crippen molar-refractivity contribution >= 4 is 27.5 Å². The van der Waals surface area contributed by atoms with Gasteiger partial charge in [0.15, 0.2) is 9.84 Å². The minimum absolute atomic E-state index is 0.00512. The van der Waals surface area contributed by atoms with E-state index in [0.717, 1.165) is 11.3 Å². The van der Waals surface area contributed by atoms with Gasteiger partial charge >= 0.3 is 6.03 Å². The first-order valence-electron chi connectivity index (χ1n) is 8.51. The topological polar surface area (TPSA) is 104 Å². The molecule has 0 unspecified atom stereocenters. The summed E-state index contributed by atoms with van der Waals surface area (Å²) in [5, 5.41) is 7.67. The zero-order valence-electron chi connectivity index (χ0n) is 14.1. The Balaban J connectivity index is 1.46. The first kappa shape index (κ1) is 17.7. The van der Waals surface area contributed by atoms with Gasteiger partial charge in [-0.1, -0.05) is 24.6 Å². The molecule has 25 heavy (non-hydrogen) atoms. The number of hydrogen-bond acceptors (Lipinski definition) is 4. The van der Waals surface area contributed by atoms with Crippen LogP contribution in [0.4, 0.5) is 10.5 Å². The zero-order chi connectivity index (χ0) is 18.0. The predicted octanol–water partition coefficient (Wildman–Crippen LogP) is 1.34. The van der Waals surface area contributed by atoms with Crippen LogP contribution in [0.15, 0.2) is 24.3 Å². The van der Waals surface area contributed by atoms with Crippen LogP contribution >= 0.6 is 0 Å². The van der Waals surface area contributed by atoms with Crippen molar-refractivity contribution in [3.05, 3.63) is 29.8 Å². The molecule has 2 saturated heterocycles. The number of rotatable bonds is 6. The summed E-state index contributed by atoms with van der Waals surface area (Å²) in [6.45, 7) is 1.93. The van der Waals surface area contributed by atoms with Crippen LogP contribution in [0, 0.1) is 6.92 Å². The van der Waals surface area contributed by atoms with Crippen molar-refractivity contribution in [2.24, 2.45) is 0 Å². The molecule has 0 spiro atoms. The molecule has 3 N–H and O–H groups in total. The number of hydrogen-bond donors (Lipinski definition) is 3. The summed E-state index contributed by atoms with van der Waals surface area (Å²) in [7, 11) is -3.20. The average Bonchev–Trinajstić information content (AvgIpc) is 2.98. The summed E-state index contributed by atoms with van der Waals surface area (Å²) < 4.78 is 24.4. The third kappa shape index (κ3) is 3.95. The maximum Gasteiger partial charge on any atom is 0.315 e. The van der Waals surface area contributed by atoms with Gasteiger partial charge in [-0.25, -0.2) is 13.2 Å². The van der Waals surface area contributed by atoms with Crippen LogP contribution in [0.1, 0.15) is 31.2 Å². The standard InChI is InChI=1S/C17H23N3O4S/c1-11-6-2-3-7-12(11)18-15(21)9-5-4-8-14-16-13(10-25(14,23)24)19-17(22)20-16/h2-3,6-7,13-14,16H,4-5,8-10H2,1H3,(H,18,21)(H2,19,20,22)/t13-,14+,16-/m0/s1. The molecule has 1 aromatic carbocycles. The Bertz CT molecular complexity index is 778. The van der Waals surface area contributed by atoms with Crippen molar-refractivity contribution in [3.8, 4) is 0 Å². The number of sulfone groups is 1. The van der Waals surface area contributed by atoms with Crippen LogP contribution in [0.5, 0.6) is 0 Å². The van der Waals surface area contributed by atoms with Crippen molar-refractivity contribution in [3.63, 3.8) is 0 Å². The van der Waals surface area contributed by atoms with Gasteiger partial charge in [0.25, 0.3) is 0 Å². The molecule has 0 radical (unpaired) electrons. The Morgan fingerprint density at radius 2 is 2.00 bits per heavy atom. The Morgan fingerprint density at radius 1 is 1.24 bits per heavy atom. The molecule has 2 aliphatic rings. The molecule has 3 rings (SSSR count). The van der Waals surface area contributed by atoms with Gasteiger partial charge in [-0.2, -0.15) is 0 Å². The Morgan fingerprint density at radius 3 is 2.76 bits per heavy atom. The summed E-state index contributed by atoms with van der Waals surface area (Å²) in [5.41, 5.74) is 1.80. The van der Waals surface area contributed by atoms with E-state index in [-0.39, 0.29) is 29.8 Å². The number of urea groups is 1. The van der Waals surface area contributed by atoms with Gasteiger partial charge in [-0.3, -0.25) is 4.79 Å². The summed E-state index contributed by atoms with van der Waals surface area (Å²) in [4.78, 5) is 23.4. The maximum absolute atomic E-state index is 12.2. The molecule has 3 amide bonds. The first-order valence-corrected chi connectivity index (χ1v) is 10.2. The number of fused-ring (bicyclic) bond motifs is 1. The van der Waals surface area contributed by atoms with Gasteiger partial charge in [-0.15, -0.1) is 0 Å². The van der Waals surface area contributed by atoms with E-state index < -0.39 is 15.1 Å². The molecule has 8 heteroatoms. The van der Waals surface area contributed by atoms with Crippen LogP contribution in [0.25, 0.3) is 0 Å². The fourth-order valence-electron chi connectivity index (χ4n) is 3.56. The van der Waals surface area contributed by atoms with E-state index in [0.29, 0.717) is 25.7 Å². The normalized spacial score (nSPS) is 26.6. The number of benzene rings is 1. The molecule has 2 fully saturated rings. The highest BCUT2D eigenvalue weighted by atomic mass is 32.2. The minimum atomic E-state index is -3.20. The van der Waals surface area contributed by atoms with Crippen molar-refractivity contribution in [1.82, 2.24) is 10.6 Å². The molecule has 136 valence electrons. The van der Waals surface area contributed by atoms with E-state index in [1.54, 1.807) is 0 Å². The van der Waals surface area contributed by atoms with E-state index in [9.17, 15) is 18.0 Å². The number of para-hydroxylation sites is 1. The van der Waals surface area contributed by atoms with Crippen molar-refractivity contribution in [2.45, 2.75) is 49.9 Å². The number of carbonyl (C=O) groups is 2. The molecule has 7 nitrogen and oxygen atoms in total. The first-order chi connectivity index (χ1) is 11.9. The molecule has 0 saturated carbocycles. The Kier molecular flexibility index (Phi) is 4.99. The minimum Gasteiger partial charge on any atom is -0.332 e. The third-order valence-corrected chi connectivity index (χ3v) is 7.16. The lowest BCUT2D eigenvalue weighted by molar-refractivity contribution is -0.116. The molecular formula is C17H23N3O4S. The second kappa shape index (κ2) is 7.03. The van der Waals surface area contributed by atoms with Crippen molar-refractivity contribution in [2.75, 3.05) is 11.1 Å². The monoisotopic (exact) mass is 365 g/mol. The zero-order valence-corrected chi connectivity index (χ0v) is 14.9. The number of unbranched alkanes of at least 4 members (excludes halogenated alkanes) is 1. The Labute approximate surface area is 147 Å². The molecule has 2 heterocycles. The molecule has 3 atom stereocenters. The lowest BCUT2D eigenvalue weighted by Crippen LogP contribution is -2.39. The lowest BCUT2D eigenvalue weighted by Gasteiger charge is -2.16. The van der Waals surface area contributed by atoms with E-state index >= 15 is 0 Å². The molecule has 0 bridgehead atoms. The van der Waals surface area contributed by atoms with Crippen LogP contribution < -0.4 is 16.0 Å². The molecule has 1 aromatic rings. The van der Waals surface area contributed by atoms with Gasteiger partial charge < -0.3 is 16.0 Å². The average molecular weight is 365 g/mol. The molecule has 2 aliphatic heterocycles. The summed E-state index contributed by atoms with van der Waals surface area (Å²) in [6.07, 6.45) is 2.05. The van der Waals surface area contributed by atoms with Crippen LogP contribution in [-0.4, -0.2) is 43.4 Å². The van der Waals surface area contributed by atoms with Gasteiger partial charge in [-0.05, 0) is 31.4 Å². The SMILES string of the molecule is Cc1ccccc1NC(=O)CCCC[C@@H]1[C@H]2NC(=O)N[C@H]2CS1(=O)=O. The van der Waals surface area contributed by atoms with Gasteiger partial charge in [0.2, 0.25) is 5.91 Å². The van der Waals surface area contributed by atoms with Crippen molar-refractivity contribution < 1.29 is 18.0 Å². The van der Waals surface area contributed by atoms with Gasteiger partial charge in [0.1, 0.15) is 0 Å². The smallest absolute Gasteiger partial charge is 0.315 e. The predicted molar refractivity (Wildman–Crippen MR) is 95.1 cm³/mol. The van der Waals surface area contributed by atoms with Crippen LogP contribution in [0.2, 0.25) is 0 Å². The second-order valence-electron chi connectivity index (χ2n) is 6.73. The Hall–Kier alpha value is -2.09. The summed E-state index contributed by atoms with van der Waals surface area (Å²) in [6, 6.07) is 6.60. The highest BCUT2D eigenvalue weighted by Gasteiger charge is 2.51.